The molecule has 4 nitrogen and oxygen atoms in total. The predicted molar refractivity (Wildman–Crippen MR) is 80.6 cm³/mol. The van der Waals surface area contributed by atoms with E-state index in [1.54, 1.807) is 0 Å². The summed E-state index contributed by atoms with van der Waals surface area (Å²) >= 11 is 0. The average Bonchev–Trinajstić information content (AvgIpc) is 3.17. The fourth-order valence-electron chi connectivity index (χ4n) is 2.95. The number of likely N-dealkylation sites (tertiary alicyclic amines) is 1. The van der Waals surface area contributed by atoms with E-state index in [-0.39, 0.29) is 0 Å². The third-order valence-corrected chi connectivity index (χ3v) is 4.45. The van der Waals surface area contributed by atoms with Crippen LogP contribution in [0.3, 0.4) is 0 Å². The lowest BCUT2D eigenvalue weighted by atomic mass is 10.0. The molecular weight excluding hydrogens is 250 g/mol. The summed E-state index contributed by atoms with van der Waals surface area (Å²) in [6.07, 6.45) is 5.26. The highest BCUT2D eigenvalue weighted by Crippen LogP contribution is 2.21. The minimum atomic E-state index is 0.690. The van der Waals surface area contributed by atoms with Gasteiger partial charge in [0.05, 0.1) is 13.1 Å². The summed E-state index contributed by atoms with van der Waals surface area (Å²) in [5.74, 6) is 2.19. The van der Waals surface area contributed by atoms with E-state index < -0.39 is 0 Å². The van der Waals surface area contributed by atoms with E-state index in [9.17, 15) is 0 Å². The van der Waals surface area contributed by atoms with Gasteiger partial charge in [-0.05, 0) is 58.5 Å². The number of hydrogen-bond donors (Lipinski definition) is 1. The van der Waals surface area contributed by atoms with Gasteiger partial charge in [0.1, 0.15) is 11.5 Å². The van der Waals surface area contributed by atoms with Crippen molar-refractivity contribution in [2.45, 2.75) is 50.9 Å². The summed E-state index contributed by atoms with van der Waals surface area (Å²) in [6, 6.07) is 5.70. The van der Waals surface area contributed by atoms with Crippen LogP contribution in [0.2, 0.25) is 0 Å². The van der Waals surface area contributed by atoms with Crippen LogP contribution < -0.4 is 5.32 Å². The van der Waals surface area contributed by atoms with Crippen LogP contribution in [0.25, 0.3) is 0 Å². The Kier molecular flexibility index (Phi) is 4.44. The largest absolute Gasteiger partial charge is 0.463 e. The molecule has 0 radical (unpaired) electrons. The van der Waals surface area contributed by atoms with Crippen molar-refractivity contribution >= 4 is 0 Å². The number of nitrogens with one attached hydrogen (secondary N) is 1. The monoisotopic (exact) mass is 277 g/mol. The van der Waals surface area contributed by atoms with Gasteiger partial charge in [-0.1, -0.05) is 0 Å². The number of likely N-dealkylation sites (N-methyl/N-ethyl adjacent to an activating group) is 1. The fraction of sp³-hybridized carbons (Fsp3) is 0.750. The van der Waals surface area contributed by atoms with Crippen molar-refractivity contribution in [2.24, 2.45) is 0 Å². The Morgan fingerprint density at radius 3 is 2.80 bits per heavy atom. The molecule has 2 heterocycles. The van der Waals surface area contributed by atoms with Crippen LogP contribution in [0.5, 0.6) is 0 Å². The van der Waals surface area contributed by atoms with E-state index in [2.05, 4.69) is 41.3 Å². The Morgan fingerprint density at radius 2 is 2.05 bits per heavy atom. The molecule has 1 aliphatic carbocycles. The first-order chi connectivity index (χ1) is 9.70. The second-order valence-electron chi connectivity index (χ2n) is 6.52. The minimum absolute atomic E-state index is 0.690. The molecule has 0 aromatic carbocycles. The summed E-state index contributed by atoms with van der Waals surface area (Å²) in [5.41, 5.74) is 0. The molecule has 2 aliphatic rings. The number of hydrogen-bond acceptors (Lipinski definition) is 4. The molecule has 0 amide bonds. The van der Waals surface area contributed by atoms with Crippen LogP contribution in [0.4, 0.5) is 0 Å². The third kappa shape index (κ3) is 3.84. The van der Waals surface area contributed by atoms with E-state index in [0.29, 0.717) is 6.04 Å². The fourth-order valence-corrected chi connectivity index (χ4v) is 2.95. The van der Waals surface area contributed by atoms with Crippen LogP contribution in [-0.4, -0.2) is 49.1 Å². The molecule has 1 aliphatic heterocycles. The molecule has 0 spiro atoms. The number of rotatable bonds is 6. The van der Waals surface area contributed by atoms with E-state index in [1.807, 2.05) is 0 Å². The minimum Gasteiger partial charge on any atom is -0.463 e. The first-order valence-electron chi connectivity index (χ1n) is 7.90. The van der Waals surface area contributed by atoms with Gasteiger partial charge in [0, 0.05) is 18.6 Å². The van der Waals surface area contributed by atoms with E-state index in [1.165, 1.54) is 32.2 Å². The zero-order valence-electron chi connectivity index (χ0n) is 12.8. The van der Waals surface area contributed by atoms with Gasteiger partial charge in [0.25, 0.3) is 0 Å². The predicted octanol–water partition coefficient (Wildman–Crippen LogP) is 2.06. The van der Waals surface area contributed by atoms with Crippen LogP contribution in [-0.2, 0) is 13.1 Å². The van der Waals surface area contributed by atoms with Crippen molar-refractivity contribution in [1.29, 1.82) is 0 Å². The maximum Gasteiger partial charge on any atom is 0.118 e. The molecule has 1 aromatic heterocycles. The lowest BCUT2D eigenvalue weighted by Crippen LogP contribution is -2.44. The summed E-state index contributed by atoms with van der Waals surface area (Å²) in [5, 5.41) is 3.50. The zero-order valence-corrected chi connectivity index (χ0v) is 12.8. The molecule has 1 saturated heterocycles. The number of furan rings is 1. The Hall–Kier alpha value is -0.840. The maximum atomic E-state index is 5.94. The molecule has 20 heavy (non-hydrogen) atoms. The molecule has 1 saturated carbocycles. The summed E-state index contributed by atoms with van der Waals surface area (Å²) < 4.78 is 5.94. The molecular formula is C16H27N3O. The van der Waals surface area contributed by atoms with Gasteiger partial charge in [-0.2, -0.15) is 0 Å². The van der Waals surface area contributed by atoms with E-state index in [4.69, 9.17) is 4.42 Å². The highest BCUT2D eigenvalue weighted by Gasteiger charge is 2.23. The Morgan fingerprint density at radius 1 is 1.25 bits per heavy atom. The van der Waals surface area contributed by atoms with Gasteiger partial charge >= 0.3 is 0 Å². The van der Waals surface area contributed by atoms with Gasteiger partial charge in [-0.25, -0.2) is 0 Å². The Balaban J connectivity index is 1.49. The molecule has 112 valence electrons. The smallest absolute Gasteiger partial charge is 0.118 e. The molecule has 1 aromatic rings. The molecule has 0 bridgehead atoms. The molecule has 1 N–H and O–H groups in total. The van der Waals surface area contributed by atoms with E-state index >= 15 is 0 Å². The summed E-state index contributed by atoms with van der Waals surface area (Å²) in [7, 11) is 4.37. The number of nitrogens with zero attached hydrogens (tertiary/aromatic N) is 2. The molecule has 1 atom stereocenters. The SMILES string of the molecule is CN(C)C1CCCN(Cc2ccc(CNC3CC3)o2)C1. The van der Waals surface area contributed by atoms with Crippen LogP contribution in [0.1, 0.15) is 37.2 Å². The van der Waals surface area contributed by atoms with Crippen molar-refractivity contribution < 1.29 is 4.42 Å². The van der Waals surface area contributed by atoms with E-state index in [0.717, 1.165) is 37.2 Å². The normalized spacial score (nSPS) is 24.4. The van der Waals surface area contributed by atoms with Gasteiger partial charge in [-0.15, -0.1) is 0 Å². The summed E-state index contributed by atoms with van der Waals surface area (Å²) in [6.45, 7) is 4.18. The van der Waals surface area contributed by atoms with Crippen LogP contribution in [0.15, 0.2) is 16.5 Å². The molecule has 2 fully saturated rings. The van der Waals surface area contributed by atoms with Crippen molar-refractivity contribution in [3.05, 3.63) is 23.7 Å². The Bertz CT molecular complexity index is 425. The standard InChI is InChI=1S/C16H27N3O/c1-18(2)14-4-3-9-19(11-14)12-16-8-7-15(20-16)10-17-13-5-6-13/h7-8,13-14,17H,3-6,9-12H2,1-2H3. The summed E-state index contributed by atoms with van der Waals surface area (Å²) in [4.78, 5) is 4.87. The van der Waals surface area contributed by atoms with Gasteiger partial charge in [0.2, 0.25) is 0 Å². The highest BCUT2D eigenvalue weighted by molar-refractivity contribution is 5.07. The first-order valence-corrected chi connectivity index (χ1v) is 7.90. The van der Waals surface area contributed by atoms with Crippen molar-refractivity contribution in [2.75, 3.05) is 27.2 Å². The van der Waals surface area contributed by atoms with Crippen LogP contribution >= 0.6 is 0 Å². The van der Waals surface area contributed by atoms with Gasteiger partial charge in [-0.3, -0.25) is 4.90 Å². The maximum absolute atomic E-state index is 5.94. The van der Waals surface area contributed by atoms with Crippen molar-refractivity contribution in [3.8, 4) is 0 Å². The van der Waals surface area contributed by atoms with Crippen LogP contribution in [0, 0.1) is 0 Å². The molecule has 4 heteroatoms. The van der Waals surface area contributed by atoms with Gasteiger partial charge < -0.3 is 14.6 Å². The number of piperidine rings is 1. The second-order valence-corrected chi connectivity index (χ2v) is 6.52. The molecule has 3 rings (SSSR count). The average molecular weight is 277 g/mol. The Labute approximate surface area is 122 Å². The lowest BCUT2D eigenvalue weighted by Gasteiger charge is -2.35. The zero-order chi connectivity index (χ0) is 13.9. The third-order valence-electron chi connectivity index (χ3n) is 4.45. The molecule has 1 unspecified atom stereocenters. The van der Waals surface area contributed by atoms with Crippen molar-refractivity contribution in [1.82, 2.24) is 15.1 Å². The van der Waals surface area contributed by atoms with Gasteiger partial charge in [0.15, 0.2) is 0 Å². The first kappa shape index (κ1) is 14.1. The highest BCUT2D eigenvalue weighted by atomic mass is 16.3. The van der Waals surface area contributed by atoms with Crippen molar-refractivity contribution in [3.63, 3.8) is 0 Å². The topological polar surface area (TPSA) is 31.6 Å². The lowest BCUT2D eigenvalue weighted by molar-refractivity contribution is 0.121. The quantitative estimate of drug-likeness (QED) is 0.862. The second kappa shape index (κ2) is 6.29.